The molecule has 0 radical (unpaired) electrons. The van der Waals surface area contributed by atoms with E-state index in [0.29, 0.717) is 29.9 Å². The van der Waals surface area contributed by atoms with E-state index in [-0.39, 0.29) is 4.74 Å². The van der Waals surface area contributed by atoms with Gasteiger partial charge in [0.25, 0.3) is 0 Å². The number of thioether (sulfide) groups is 4. The summed E-state index contributed by atoms with van der Waals surface area (Å²) in [4.78, 5) is 16.8. The van der Waals surface area contributed by atoms with Gasteiger partial charge in [-0.15, -0.1) is 0 Å². The molecule has 1 aromatic heterocycles. The average Bonchev–Trinajstić information content (AvgIpc) is 3.16. The van der Waals surface area contributed by atoms with Gasteiger partial charge in [0.1, 0.15) is 0 Å². The normalized spacial score (nSPS) is 22.0. The molecule has 9 heteroatoms. The average molecular weight is 504 g/mol. The van der Waals surface area contributed by atoms with Gasteiger partial charge in [0.2, 0.25) is 0 Å². The van der Waals surface area contributed by atoms with E-state index < -0.39 is 0 Å². The Morgan fingerprint density at radius 1 is 0.900 bits per heavy atom. The van der Waals surface area contributed by atoms with Gasteiger partial charge in [0.05, 0.1) is 0 Å². The molecule has 0 spiro atoms. The number of hydrogen-bond acceptors (Lipinski definition) is 7. The van der Waals surface area contributed by atoms with Crippen molar-refractivity contribution in [2.75, 3.05) is 11.5 Å². The van der Waals surface area contributed by atoms with Gasteiger partial charge in [-0.1, -0.05) is 0 Å². The van der Waals surface area contributed by atoms with E-state index in [1.807, 2.05) is 47.0 Å². The van der Waals surface area contributed by atoms with Crippen LogP contribution in [0, 0.1) is 0 Å². The van der Waals surface area contributed by atoms with Crippen LogP contribution < -0.4 is 13.1 Å². The molecule has 0 N–H and O–H groups in total. The Kier molecular flexibility index (Phi) is 4.94. The molecular weight excluding hydrogens is 498 g/mol. The second-order valence-corrected chi connectivity index (χ2v) is 16.1. The van der Waals surface area contributed by atoms with Crippen molar-refractivity contribution in [3.8, 4) is 0 Å². The van der Waals surface area contributed by atoms with Crippen molar-refractivity contribution in [2.24, 2.45) is 0 Å². The molecular formula is C11H6OS6Se2. The summed E-state index contributed by atoms with van der Waals surface area (Å²) in [5.41, 5.74) is 0. The molecule has 3 aliphatic heterocycles. The molecule has 0 unspecified atom stereocenters. The predicted molar refractivity (Wildman–Crippen MR) is 102 cm³/mol. The summed E-state index contributed by atoms with van der Waals surface area (Å²) in [5, 5.41) is 0. The standard InChI is InChI=1S/C11H6OS6Se2/c12-6-5(11-19-3-4-20-11)15-9(16-6)10-17-7-8(18-10)14-2-1-13-7/h3-4H,1-2H2. The Labute approximate surface area is 153 Å². The van der Waals surface area contributed by atoms with E-state index in [0.717, 1.165) is 4.53 Å². The van der Waals surface area contributed by atoms with Gasteiger partial charge < -0.3 is 0 Å². The third kappa shape index (κ3) is 2.96. The molecule has 0 aromatic carbocycles. The third-order valence-corrected chi connectivity index (χ3v) is 17.6. The second-order valence-electron chi connectivity index (χ2n) is 3.67. The van der Waals surface area contributed by atoms with E-state index in [2.05, 4.69) is 9.95 Å². The second kappa shape index (κ2) is 6.55. The fourth-order valence-corrected chi connectivity index (χ4v) is 16.0. The molecule has 0 saturated carbocycles. The predicted octanol–water partition coefficient (Wildman–Crippen LogP) is 2.28. The van der Waals surface area contributed by atoms with Crippen LogP contribution in [0.25, 0.3) is 7.61 Å². The molecule has 0 fully saturated rings. The van der Waals surface area contributed by atoms with Gasteiger partial charge in [0.15, 0.2) is 0 Å². The van der Waals surface area contributed by atoms with Crippen molar-refractivity contribution >= 4 is 107 Å². The van der Waals surface area contributed by atoms with Gasteiger partial charge in [-0.2, -0.15) is 0 Å². The fourth-order valence-electron chi connectivity index (χ4n) is 1.61. The number of rotatable bonds is 0. The van der Waals surface area contributed by atoms with Gasteiger partial charge >= 0.3 is 155 Å². The third-order valence-electron chi connectivity index (χ3n) is 2.41. The van der Waals surface area contributed by atoms with Crippen molar-refractivity contribution in [1.29, 1.82) is 0 Å². The summed E-state index contributed by atoms with van der Waals surface area (Å²) in [6.07, 6.45) is 0. The van der Waals surface area contributed by atoms with Gasteiger partial charge in [0, 0.05) is 0 Å². The molecule has 1 nitrogen and oxygen atoms in total. The van der Waals surface area contributed by atoms with Crippen LogP contribution in [0.1, 0.15) is 0 Å². The van der Waals surface area contributed by atoms with E-state index in [9.17, 15) is 4.79 Å². The zero-order valence-corrected chi connectivity index (χ0v) is 18.1. The Bertz CT molecular complexity index is 772. The van der Waals surface area contributed by atoms with Crippen LogP contribution >= 0.6 is 69.7 Å². The Hall–Kier alpha value is 1.51. The Morgan fingerprint density at radius 2 is 1.55 bits per heavy atom. The molecule has 4 heterocycles. The molecule has 3 aliphatic rings. The van der Waals surface area contributed by atoms with Crippen LogP contribution in [-0.2, 0) is 0 Å². The monoisotopic (exact) mass is 506 g/mol. The zero-order chi connectivity index (χ0) is 13.5. The summed E-state index contributed by atoms with van der Waals surface area (Å²) in [6.45, 7) is 0. The molecule has 1 aromatic rings. The van der Waals surface area contributed by atoms with Gasteiger partial charge in [-0.3, -0.25) is 0 Å². The molecule has 0 atom stereocenters. The number of hydrogen-bond donors (Lipinski definition) is 0. The molecule has 20 heavy (non-hydrogen) atoms. The molecule has 4 rings (SSSR count). The van der Waals surface area contributed by atoms with Gasteiger partial charge in [-0.05, 0) is 0 Å². The first-order valence-corrected chi connectivity index (χ1v) is 14.5. The molecule has 0 saturated heterocycles. The van der Waals surface area contributed by atoms with Crippen LogP contribution in [0.3, 0.4) is 0 Å². The quantitative estimate of drug-likeness (QED) is 0.503. The topological polar surface area (TPSA) is 17.1 Å². The van der Waals surface area contributed by atoms with E-state index in [1.165, 1.54) is 42.8 Å². The maximum absolute atomic E-state index is 12.2. The maximum atomic E-state index is 12.2. The van der Waals surface area contributed by atoms with Crippen molar-refractivity contribution in [1.82, 2.24) is 0 Å². The van der Waals surface area contributed by atoms with Crippen LogP contribution in [-0.4, -0.2) is 41.4 Å². The first-order chi connectivity index (χ1) is 9.81. The Balaban J connectivity index is 1.78. The first-order valence-electron chi connectivity index (χ1n) is 5.54. The first kappa shape index (κ1) is 15.1. The van der Waals surface area contributed by atoms with E-state index in [4.69, 9.17) is 0 Å². The molecule has 0 bridgehead atoms. The zero-order valence-electron chi connectivity index (χ0n) is 9.74. The van der Waals surface area contributed by atoms with Crippen LogP contribution in [0.5, 0.6) is 0 Å². The minimum atomic E-state index is 0.284. The minimum absolute atomic E-state index is 0.284. The van der Waals surface area contributed by atoms with E-state index >= 15 is 0 Å². The molecule has 104 valence electrons. The molecule has 0 amide bonds. The summed E-state index contributed by atoms with van der Waals surface area (Å²) < 4.78 is 8.24. The summed E-state index contributed by atoms with van der Waals surface area (Å²) >= 11 is 11.8. The summed E-state index contributed by atoms with van der Waals surface area (Å²) in [7, 11) is 0. The van der Waals surface area contributed by atoms with Crippen molar-refractivity contribution in [3.05, 3.63) is 36.3 Å². The molecule has 0 aliphatic carbocycles. The summed E-state index contributed by atoms with van der Waals surface area (Å²) in [5.74, 6) is 2.43. The Morgan fingerprint density at radius 3 is 2.20 bits per heavy atom. The van der Waals surface area contributed by atoms with Crippen LogP contribution in [0.2, 0.25) is 0 Å². The SMILES string of the molecule is O=c1sc(=C2SC3=C(SCCS3)S2)sc1=C1[Se]C=C[Se]1. The van der Waals surface area contributed by atoms with Crippen molar-refractivity contribution in [3.63, 3.8) is 0 Å². The van der Waals surface area contributed by atoms with Crippen molar-refractivity contribution in [2.45, 2.75) is 0 Å². The van der Waals surface area contributed by atoms with Gasteiger partial charge in [-0.25, -0.2) is 0 Å². The summed E-state index contributed by atoms with van der Waals surface area (Å²) in [6, 6.07) is 0. The van der Waals surface area contributed by atoms with E-state index in [1.54, 1.807) is 11.3 Å². The van der Waals surface area contributed by atoms with Crippen LogP contribution in [0.4, 0.5) is 0 Å². The van der Waals surface area contributed by atoms with Crippen molar-refractivity contribution < 1.29 is 0 Å². The van der Waals surface area contributed by atoms with Crippen LogP contribution in [0.15, 0.2) is 23.2 Å². The fraction of sp³-hybridized carbons (Fsp3) is 0.182.